The van der Waals surface area contributed by atoms with Gasteiger partial charge in [-0.3, -0.25) is 9.59 Å². The Labute approximate surface area is 142 Å². The lowest BCUT2D eigenvalue weighted by Crippen LogP contribution is -2.32. The predicted molar refractivity (Wildman–Crippen MR) is 85.2 cm³/mol. The first kappa shape index (κ1) is 15.2. The van der Waals surface area contributed by atoms with Gasteiger partial charge in [0.1, 0.15) is 5.75 Å². The van der Waals surface area contributed by atoms with Crippen LogP contribution in [0.3, 0.4) is 0 Å². The van der Waals surface area contributed by atoms with E-state index in [0.717, 1.165) is 17.7 Å². The molecule has 1 aliphatic carbocycles. The van der Waals surface area contributed by atoms with E-state index in [4.69, 9.17) is 16.3 Å². The SMILES string of the molecule is O=C(O)C1Cc2c(N3C(=O)C4=C(CCCC4)C3=O)ccc(Cl)c2O1. The largest absolute Gasteiger partial charge is 0.478 e. The van der Waals surface area contributed by atoms with Crippen LogP contribution in [-0.4, -0.2) is 29.0 Å². The van der Waals surface area contributed by atoms with Crippen LogP contribution in [0.4, 0.5) is 5.69 Å². The highest BCUT2D eigenvalue weighted by molar-refractivity contribution is 6.34. The van der Waals surface area contributed by atoms with Crippen molar-refractivity contribution in [1.29, 1.82) is 0 Å². The Balaban J connectivity index is 1.78. The molecule has 0 saturated carbocycles. The first-order valence-electron chi connectivity index (χ1n) is 7.80. The van der Waals surface area contributed by atoms with Crippen LogP contribution in [0, 0.1) is 0 Å². The summed E-state index contributed by atoms with van der Waals surface area (Å²) in [5.41, 5.74) is 2.05. The number of hydrogen-bond acceptors (Lipinski definition) is 4. The number of hydrogen-bond donors (Lipinski definition) is 1. The summed E-state index contributed by atoms with van der Waals surface area (Å²) in [7, 11) is 0. The molecule has 0 fully saturated rings. The third-order valence-corrected chi connectivity index (χ3v) is 5.04. The molecule has 0 radical (unpaired) electrons. The molecule has 4 rings (SSSR count). The minimum Gasteiger partial charge on any atom is -0.478 e. The normalized spacial score (nSPS) is 22.5. The van der Waals surface area contributed by atoms with Crippen molar-refractivity contribution in [3.05, 3.63) is 33.9 Å². The molecule has 24 heavy (non-hydrogen) atoms. The number of carbonyl (C=O) groups is 3. The van der Waals surface area contributed by atoms with E-state index in [0.29, 0.717) is 35.2 Å². The summed E-state index contributed by atoms with van der Waals surface area (Å²) in [6.45, 7) is 0. The van der Waals surface area contributed by atoms with E-state index in [1.165, 1.54) is 6.07 Å². The number of carboxylic acids is 1. The zero-order valence-corrected chi connectivity index (χ0v) is 13.4. The number of halogens is 1. The number of imide groups is 1. The van der Waals surface area contributed by atoms with Gasteiger partial charge in [-0.25, -0.2) is 9.69 Å². The number of fused-ring (bicyclic) bond motifs is 1. The van der Waals surface area contributed by atoms with Gasteiger partial charge in [0.2, 0.25) is 0 Å². The van der Waals surface area contributed by atoms with Crippen molar-refractivity contribution in [3.8, 4) is 5.75 Å². The third-order valence-electron chi connectivity index (χ3n) is 4.74. The van der Waals surface area contributed by atoms with E-state index in [9.17, 15) is 19.5 Å². The maximum atomic E-state index is 12.7. The van der Waals surface area contributed by atoms with Gasteiger partial charge in [0, 0.05) is 23.1 Å². The molecule has 124 valence electrons. The fourth-order valence-electron chi connectivity index (χ4n) is 3.59. The van der Waals surface area contributed by atoms with Crippen molar-refractivity contribution in [2.24, 2.45) is 0 Å². The summed E-state index contributed by atoms with van der Waals surface area (Å²) in [6, 6.07) is 3.11. The smallest absolute Gasteiger partial charge is 0.345 e. The van der Waals surface area contributed by atoms with Gasteiger partial charge in [0.05, 0.1) is 10.7 Å². The molecule has 3 aliphatic rings. The van der Waals surface area contributed by atoms with E-state index in [1.807, 2.05) is 0 Å². The summed E-state index contributed by atoms with van der Waals surface area (Å²) in [5.74, 6) is -1.48. The molecule has 2 heterocycles. The molecule has 2 aliphatic heterocycles. The fourth-order valence-corrected chi connectivity index (χ4v) is 3.81. The average Bonchev–Trinajstić information content (AvgIpc) is 3.12. The Kier molecular flexibility index (Phi) is 3.38. The molecule has 7 heteroatoms. The van der Waals surface area contributed by atoms with Gasteiger partial charge in [-0.15, -0.1) is 0 Å². The Hall–Kier alpha value is -2.34. The molecular formula is C17H14ClNO5. The molecule has 1 N–H and O–H groups in total. The number of benzene rings is 1. The third kappa shape index (κ3) is 2.06. The van der Waals surface area contributed by atoms with E-state index in [-0.39, 0.29) is 29.0 Å². The van der Waals surface area contributed by atoms with Gasteiger partial charge in [0.15, 0.2) is 6.10 Å². The zero-order valence-electron chi connectivity index (χ0n) is 12.7. The van der Waals surface area contributed by atoms with Crippen LogP contribution in [-0.2, 0) is 20.8 Å². The number of ether oxygens (including phenoxy) is 1. The predicted octanol–water partition coefficient (Wildman–Crippen LogP) is 2.47. The molecule has 2 amide bonds. The van der Waals surface area contributed by atoms with Gasteiger partial charge in [-0.1, -0.05) is 11.6 Å². The second kappa shape index (κ2) is 5.34. The molecular weight excluding hydrogens is 334 g/mol. The van der Waals surface area contributed by atoms with E-state index in [2.05, 4.69) is 0 Å². The molecule has 0 aromatic heterocycles. The molecule has 1 aromatic rings. The molecule has 6 nitrogen and oxygen atoms in total. The van der Waals surface area contributed by atoms with Crippen molar-refractivity contribution in [3.63, 3.8) is 0 Å². The standard InChI is InChI=1S/C17H14ClNO5/c18-11-5-6-12(10-7-13(17(22)23)24-14(10)11)19-15(20)8-3-1-2-4-9(8)16(19)21/h5-6,13H,1-4,7H2,(H,22,23). The first-order valence-corrected chi connectivity index (χ1v) is 8.18. The Morgan fingerprint density at radius 2 is 1.79 bits per heavy atom. The highest BCUT2D eigenvalue weighted by Crippen LogP contribution is 2.44. The van der Waals surface area contributed by atoms with Gasteiger partial charge in [-0.2, -0.15) is 0 Å². The summed E-state index contributed by atoms with van der Waals surface area (Å²) in [4.78, 5) is 37.8. The second-order valence-electron chi connectivity index (χ2n) is 6.13. The number of rotatable bonds is 2. The Morgan fingerprint density at radius 1 is 1.17 bits per heavy atom. The van der Waals surface area contributed by atoms with E-state index >= 15 is 0 Å². The lowest BCUT2D eigenvalue weighted by molar-refractivity contribution is -0.144. The number of carbonyl (C=O) groups excluding carboxylic acids is 2. The number of aliphatic carboxylic acids is 1. The van der Waals surface area contributed by atoms with E-state index in [1.54, 1.807) is 6.07 Å². The summed E-state index contributed by atoms with van der Waals surface area (Å²) >= 11 is 6.10. The lowest BCUT2D eigenvalue weighted by Gasteiger charge is -2.18. The van der Waals surface area contributed by atoms with Crippen molar-refractivity contribution in [2.45, 2.75) is 38.2 Å². The molecule has 1 atom stereocenters. The summed E-state index contributed by atoms with van der Waals surface area (Å²) < 4.78 is 5.39. The Bertz CT molecular complexity index is 801. The summed E-state index contributed by atoms with van der Waals surface area (Å²) in [6.07, 6.45) is 2.03. The summed E-state index contributed by atoms with van der Waals surface area (Å²) in [5, 5.41) is 9.45. The highest BCUT2D eigenvalue weighted by Gasteiger charge is 2.43. The van der Waals surface area contributed by atoms with Crippen LogP contribution < -0.4 is 9.64 Å². The molecule has 1 unspecified atom stereocenters. The number of anilines is 1. The quantitative estimate of drug-likeness (QED) is 0.831. The minimum absolute atomic E-state index is 0.0717. The average molecular weight is 348 g/mol. The maximum absolute atomic E-state index is 12.7. The van der Waals surface area contributed by atoms with Crippen molar-refractivity contribution in [2.75, 3.05) is 4.90 Å². The second-order valence-corrected chi connectivity index (χ2v) is 6.54. The van der Waals surface area contributed by atoms with Crippen molar-refractivity contribution >= 4 is 35.1 Å². The maximum Gasteiger partial charge on any atom is 0.345 e. The molecule has 0 spiro atoms. The lowest BCUT2D eigenvalue weighted by atomic mass is 9.93. The van der Waals surface area contributed by atoms with Crippen molar-refractivity contribution < 1.29 is 24.2 Å². The van der Waals surface area contributed by atoms with Crippen LogP contribution in [0.2, 0.25) is 5.02 Å². The molecule has 1 aromatic carbocycles. The fraction of sp³-hybridized carbons (Fsp3) is 0.353. The number of nitrogens with zero attached hydrogens (tertiary/aromatic N) is 1. The van der Waals surface area contributed by atoms with Crippen LogP contribution in [0.15, 0.2) is 23.3 Å². The highest BCUT2D eigenvalue weighted by atomic mass is 35.5. The zero-order chi connectivity index (χ0) is 17.0. The first-order chi connectivity index (χ1) is 11.5. The van der Waals surface area contributed by atoms with Gasteiger partial charge < -0.3 is 9.84 Å². The number of carboxylic acid groups (broad SMARTS) is 1. The molecule has 0 saturated heterocycles. The van der Waals surface area contributed by atoms with Gasteiger partial charge in [0.25, 0.3) is 11.8 Å². The number of amides is 2. The van der Waals surface area contributed by atoms with Crippen LogP contribution in [0.5, 0.6) is 5.75 Å². The molecule has 0 bridgehead atoms. The van der Waals surface area contributed by atoms with E-state index < -0.39 is 12.1 Å². The van der Waals surface area contributed by atoms with Crippen LogP contribution in [0.1, 0.15) is 31.2 Å². The van der Waals surface area contributed by atoms with Crippen molar-refractivity contribution in [1.82, 2.24) is 0 Å². The topological polar surface area (TPSA) is 83.9 Å². The Morgan fingerprint density at radius 3 is 2.38 bits per heavy atom. The van der Waals surface area contributed by atoms with Gasteiger partial charge >= 0.3 is 5.97 Å². The van der Waals surface area contributed by atoms with Crippen LogP contribution >= 0.6 is 11.6 Å². The monoisotopic (exact) mass is 347 g/mol. The van der Waals surface area contributed by atoms with Crippen LogP contribution in [0.25, 0.3) is 0 Å². The van der Waals surface area contributed by atoms with Gasteiger partial charge in [-0.05, 0) is 37.8 Å². The minimum atomic E-state index is -1.11.